The molecule has 2 aliphatic rings. The van der Waals surface area contributed by atoms with Gasteiger partial charge in [-0.3, -0.25) is 0 Å². The zero-order valence-electron chi connectivity index (χ0n) is 14.2. The highest BCUT2D eigenvalue weighted by atomic mass is 35.5. The quantitative estimate of drug-likeness (QED) is 0.793. The summed E-state index contributed by atoms with van der Waals surface area (Å²) in [5.41, 5.74) is 0.193. The van der Waals surface area contributed by atoms with E-state index in [-0.39, 0.29) is 10.9 Å². The highest BCUT2D eigenvalue weighted by molar-refractivity contribution is 7.92. The average molecular weight is 416 g/mol. The van der Waals surface area contributed by atoms with Crippen molar-refractivity contribution in [3.63, 3.8) is 0 Å². The van der Waals surface area contributed by atoms with Gasteiger partial charge in [-0.25, -0.2) is 8.42 Å². The zero-order chi connectivity index (χ0) is 19.4. The summed E-state index contributed by atoms with van der Waals surface area (Å²) in [7, 11) is -3.84. The number of benzene rings is 2. The minimum atomic E-state index is -4.46. The van der Waals surface area contributed by atoms with Crippen molar-refractivity contribution in [2.75, 3.05) is 6.54 Å². The van der Waals surface area contributed by atoms with Crippen LogP contribution in [0.4, 0.5) is 13.2 Å². The first-order chi connectivity index (χ1) is 12.7. The lowest BCUT2D eigenvalue weighted by Crippen LogP contribution is -2.49. The SMILES string of the molecule is O=S(=O)(c1ccc(Cl)cc1)C12CCNC1CCc1cc(C(F)(F)F)ccc12. The molecule has 0 amide bonds. The lowest BCUT2D eigenvalue weighted by molar-refractivity contribution is -0.137. The predicted molar refractivity (Wildman–Crippen MR) is 96.5 cm³/mol. The third-order valence-electron chi connectivity index (χ3n) is 5.64. The summed E-state index contributed by atoms with van der Waals surface area (Å²) in [5, 5.41) is 3.67. The molecule has 1 aliphatic carbocycles. The van der Waals surface area contributed by atoms with Crippen molar-refractivity contribution in [2.24, 2.45) is 0 Å². The molecule has 27 heavy (non-hydrogen) atoms. The number of fused-ring (bicyclic) bond motifs is 3. The summed E-state index contributed by atoms with van der Waals surface area (Å²) in [4.78, 5) is 0.133. The van der Waals surface area contributed by atoms with Crippen molar-refractivity contribution < 1.29 is 21.6 Å². The molecule has 0 saturated carbocycles. The number of rotatable bonds is 2. The fourth-order valence-corrected chi connectivity index (χ4v) is 6.88. The van der Waals surface area contributed by atoms with E-state index >= 15 is 0 Å². The molecule has 2 aromatic carbocycles. The Labute approximate surface area is 160 Å². The lowest BCUT2D eigenvalue weighted by atomic mass is 9.78. The van der Waals surface area contributed by atoms with E-state index in [0.29, 0.717) is 42.0 Å². The molecule has 0 radical (unpaired) electrons. The molecule has 1 saturated heterocycles. The van der Waals surface area contributed by atoms with Gasteiger partial charge in [0.1, 0.15) is 4.75 Å². The molecule has 1 fully saturated rings. The number of hydrogen-bond acceptors (Lipinski definition) is 3. The lowest BCUT2D eigenvalue weighted by Gasteiger charge is -2.40. The second-order valence-corrected chi connectivity index (χ2v) is 9.66. The standard InChI is InChI=1S/C19H17ClF3NO2S/c20-14-3-5-15(6-4-14)27(25,26)18-9-10-24-17(18)8-1-12-11-13(19(21,22)23)2-7-16(12)18/h2-7,11,17,24H,1,8-10H2. The maximum Gasteiger partial charge on any atom is 0.416 e. The van der Waals surface area contributed by atoms with Crippen molar-refractivity contribution >= 4 is 21.4 Å². The van der Waals surface area contributed by atoms with E-state index in [0.717, 1.165) is 12.1 Å². The van der Waals surface area contributed by atoms with Crippen molar-refractivity contribution in [1.29, 1.82) is 0 Å². The minimum absolute atomic E-state index is 0.133. The first-order valence-corrected chi connectivity index (χ1v) is 10.5. The molecule has 3 nitrogen and oxygen atoms in total. The van der Waals surface area contributed by atoms with Crippen LogP contribution in [0, 0.1) is 0 Å². The summed E-state index contributed by atoms with van der Waals surface area (Å²) in [6.45, 7) is 0.498. The van der Waals surface area contributed by atoms with Crippen molar-refractivity contribution in [3.8, 4) is 0 Å². The van der Waals surface area contributed by atoms with Crippen LogP contribution in [0.15, 0.2) is 47.4 Å². The Hall–Kier alpha value is -1.57. The summed E-state index contributed by atoms with van der Waals surface area (Å²) in [5.74, 6) is 0. The number of aryl methyl sites for hydroxylation is 1. The number of halogens is 4. The van der Waals surface area contributed by atoms with E-state index in [1.807, 2.05) is 0 Å². The van der Waals surface area contributed by atoms with Gasteiger partial charge in [-0.2, -0.15) is 13.2 Å². The molecule has 1 N–H and O–H groups in total. The maximum absolute atomic E-state index is 13.6. The Bertz CT molecular complexity index is 989. The Morgan fingerprint density at radius 3 is 2.48 bits per heavy atom. The molecule has 2 atom stereocenters. The normalized spacial score (nSPS) is 25.1. The van der Waals surface area contributed by atoms with Gasteiger partial charge in [0.05, 0.1) is 10.5 Å². The monoisotopic (exact) mass is 415 g/mol. The Morgan fingerprint density at radius 1 is 1.11 bits per heavy atom. The van der Waals surface area contributed by atoms with Crippen LogP contribution >= 0.6 is 11.6 Å². The topological polar surface area (TPSA) is 46.2 Å². The molecule has 4 rings (SSSR count). The van der Waals surface area contributed by atoms with Crippen LogP contribution in [0.25, 0.3) is 0 Å². The fourth-order valence-electron chi connectivity index (χ4n) is 4.41. The summed E-state index contributed by atoms with van der Waals surface area (Å²) in [6, 6.07) is 9.05. The van der Waals surface area contributed by atoms with Gasteiger partial charge < -0.3 is 5.32 Å². The molecule has 1 aliphatic heterocycles. The van der Waals surface area contributed by atoms with Crippen molar-refractivity contribution in [2.45, 2.75) is 41.1 Å². The van der Waals surface area contributed by atoms with Gasteiger partial charge in [0.25, 0.3) is 0 Å². The number of nitrogens with one attached hydrogen (secondary N) is 1. The van der Waals surface area contributed by atoms with Gasteiger partial charge in [0, 0.05) is 11.1 Å². The van der Waals surface area contributed by atoms with Crippen LogP contribution in [0.3, 0.4) is 0 Å². The van der Waals surface area contributed by atoms with Crippen LogP contribution in [-0.4, -0.2) is 21.0 Å². The maximum atomic E-state index is 13.6. The fraction of sp³-hybridized carbons (Fsp3) is 0.368. The average Bonchev–Trinajstić information content (AvgIpc) is 3.07. The molecule has 0 bridgehead atoms. The third kappa shape index (κ3) is 2.79. The van der Waals surface area contributed by atoms with E-state index in [2.05, 4.69) is 5.32 Å². The zero-order valence-corrected chi connectivity index (χ0v) is 15.8. The highest BCUT2D eigenvalue weighted by Crippen LogP contribution is 2.50. The number of alkyl halides is 3. The molecule has 2 aromatic rings. The van der Waals surface area contributed by atoms with Crippen LogP contribution < -0.4 is 5.32 Å². The van der Waals surface area contributed by atoms with E-state index in [1.165, 1.54) is 30.3 Å². The van der Waals surface area contributed by atoms with Gasteiger partial charge in [-0.1, -0.05) is 17.7 Å². The van der Waals surface area contributed by atoms with Gasteiger partial charge >= 0.3 is 6.18 Å². The van der Waals surface area contributed by atoms with Crippen LogP contribution in [0.1, 0.15) is 29.5 Å². The smallest absolute Gasteiger partial charge is 0.312 e. The second kappa shape index (κ2) is 6.22. The minimum Gasteiger partial charge on any atom is -0.312 e. The third-order valence-corrected chi connectivity index (χ3v) is 8.46. The first-order valence-electron chi connectivity index (χ1n) is 8.60. The van der Waals surface area contributed by atoms with Gasteiger partial charge in [0.15, 0.2) is 9.84 Å². The summed E-state index contributed by atoms with van der Waals surface area (Å²) in [6.07, 6.45) is -3.25. The van der Waals surface area contributed by atoms with Crippen LogP contribution in [0.2, 0.25) is 5.02 Å². The molecule has 144 valence electrons. The van der Waals surface area contributed by atoms with E-state index in [9.17, 15) is 21.6 Å². The Kier molecular flexibility index (Phi) is 4.33. The Morgan fingerprint density at radius 2 is 1.81 bits per heavy atom. The van der Waals surface area contributed by atoms with E-state index in [4.69, 9.17) is 11.6 Å². The molecule has 0 spiro atoms. The summed E-state index contributed by atoms with van der Waals surface area (Å²) >= 11 is 5.88. The molecule has 0 aromatic heterocycles. The second-order valence-electron chi connectivity index (χ2n) is 7.01. The number of hydrogen-bond donors (Lipinski definition) is 1. The molecular weight excluding hydrogens is 399 g/mol. The van der Waals surface area contributed by atoms with Crippen LogP contribution in [0.5, 0.6) is 0 Å². The van der Waals surface area contributed by atoms with Gasteiger partial charge in [-0.15, -0.1) is 0 Å². The van der Waals surface area contributed by atoms with Gasteiger partial charge in [0.2, 0.25) is 0 Å². The van der Waals surface area contributed by atoms with Crippen molar-refractivity contribution in [3.05, 3.63) is 64.2 Å². The molecule has 2 unspecified atom stereocenters. The molecule has 8 heteroatoms. The summed E-state index contributed by atoms with van der Waals surface area (Å²) < 4.78 is 65.4. The van der Waals surface area contributed by atoms with E-state index in [1.54, 1.807) is 0 Å². The van der Waals surface area contributed by atoms with E-state index < -0.39 is 26.3 Å². The number of sulfone groups is 1. The largest absolute Gasteiger partial charge is 0.416 e. The first kappa shape index (κ1) is 18.8. The Balaban J connectivity index is 1.92. The van der Waals surface area contributed by atoms with Crippen molar-refractivity contribution in [1.82, 2.24) is 5.32 Å². The molecule has 1 heterocycles. The van der Waals surface area contributed by atoms with Gasteiger partial charge in [-0.05, 0) is 73.3 Å². The highest BCUT2D eigenvalue weighted by Gasteiger charge is 2.57. The predicted octanol–water partition coefficient (Wildman–Crippen LogP) is 4.34. The van der Waals surface area contributed by atoms with Crippen LogP contribution in [-0.2, 0) is 27.2 Å². The molecular formula is C19H17ClF3NO2S.